The maximum atomic E-state index is 4.20. The smallest absolute Gasteiger partial charge is 0.0522 e. The number of hydrogen-bond donors (Lipinski definition) is 1. The highest BCUT2D eigenvalue weighted by molar-refractivity contribution is 5.24. The van der Waals surface area contributed by atoms with Crippen molar-refractivity contribution in [3.8, 4) is 0 Å². The van der Waals surface area contributed by atoms with Gasteiger partial charge in [-0.05, 0) is 42.3 Å². The molecule has 0 unspecified atom stereocenters. The normalized spacial score (nSPS) is 25.4. The number of benzene rings is 1. The summed E-state index contributed by atoms with van der Waals surface area (Å²) in [5.74, 6) is 1.46. The molecule has 0 aliphatic heterocycles. The van der Waals surface area contributed by atoms with Gasteiger partial charge in [-0.1, -0.05) is 37.3 Å². The van der Waals surface area contributed by atoms with Gasteiger partial charge >= 0.3 is 0 Å². The number of hydrogen-bond acceptors (Lipinski definition) is 2. The zero-order valence-electron chi connectivity index (χ0n) is 12.3. The lowest BCUT2D eigenvalue weighted by Gasteiger charge is -2.44. The van der Waals surface area contributed by atoms with Gasteiger partial charge in [0.05, 0.1) is 6.20 Å². The second-order valence-electron chi connectivity index (χ2n) is 5.94. The van der Waals surface area contributed by atoms with Crippen molar-refractivity contribution < 1.29 is 0 Å². The molecule has 0 saturated heterocycles. The molecule has 3 atom stereocenters. The molecule has 0 spiro atoms. The molecule has 1 heterocycles. The minimum atomic E-state index is 0.664. The van der Waals surface area contributed by atoms with Crippen LogP contribution < -0.4 is 5.32 Å². The molecule has 0 amide bonds. The Bertz CT molecular complexity index is 546. The molecule has 0 bridgehead atoms. The standard InChI is InChI=1S/C17H23N3/c1-13-16(15-6-4-3-5-7-15)10-17(13)18-9-8-14-11-19-20(2)12-14/h3-7,11-13,16-18H,8-10H2,1-2H3/t13-,16+,17-/m0/s1. The van der Waals surface area contributed by atoms with Gasteiger partial charge in [0.25, 0.3) is 0 Å². The molecule has 1 saturated carbocycles. The maximum Gasteiger partial charge on any atom is 0.0522 e. The summed E-state index contributed by atoms with van der Waals surface area (Å²) in [6, 6.07) is 11.6. The maximum absolute atomic E-state index is 4.20. The van der Waals surface area contributed by atoms with Gasteiger partial charge in [-0.2, -0.15) is 5.10 Å². The lowest BCUT2D eigenvalue weighted by molar-refractivity contribution is 0.185. The van der Waals surface area contributed by atoms with Gasteiger partial charge in [0.2, 0.25) is 0 Å². The molecule has 1 aliphatic rings. The summed E-state index contributed by atoms with van der Waals surface area (Å²) < 4.78 is 1.87. The van der Waals surface area contributed by atoms with Crippen LogP contribution in [0.25, 0.3) is 0 Å². The van der Waals surface area contributed by atoms with Crippen molar-refractivity contribution in [3.05, 3.63) is 53.9 Å². The Morgan fingerprint density at radius 1 is 1.30 bits per heavy atom. The van der Waals surface area contributed by atoms with Crippen molar-refractivity contribution in [2.75, 3.05) is 6.54 Å². The Balaban J connectivity index is 1.45. The van der Waals surface area contributed by atoms with Crippen LogP contribution in [0.3, 0.4) is 0 Å². The monoisotopic (exact) mass is 269 g/mol. The Morgan fingerprint density at radius 2 is 2.10 bits per heavy atom. The van der Waals surface area contributed by atoms with E-state index in [1.165, 1.54) is 17.5 Å². The van der Waals surface area contributed by atoms with E-state index in [1.807, 2.05) is 17.9 Å². The third kappa shape index (κ3) is 2.78. The third-order valence-corrected chi connectivity index (χ3v) is 4.58. The number of nitrogens with zero attached hydrogens (tertiary/aromatic N) is 2. The summed E-state index contributed by atoms with van der Waals surface area (Å²) in [6.45, 7) is 3.41. The summed E-state index contributed by atoms with van der Waals surface area (Å²) >= 11 is 0. The van der Waals surface area contributed by atoms with E-state index in [0.29, 0.717) is 6.04 Å². The molecular weight excluding hydrogens is 246 g/mol. The third-order valence-electron chi connectivity index (χ3n) is 4.58. The fourth-order valence-electron chi connectivity index (χ4n) is 3.20. The minimum absolute atomic E-state index is 0.664. The summed E-state index contributed by atoms with van der Waals surface area (Å²) in [5, 5.41) is 7.89. The minimum Gasteiger partial charge on any atom is -0.313 e. The SMILES string of the molecule is C[C@@H]1[C@@H](NCCc2cnn(C)c2)C[C@H]1c1ccccc1. The fourth-order valence-corrected chi connectivity index (χ4v) is 3.20. The number of rotatable bonds is 5. The van der Waals surface area contributed by atoms with E-state index in [9.17, 15) is 0 Å². The van der Waals surface area contributed by atoms with Gasteiger partial charge in [0.15, 0.2) is 0 Å². The quantitative estimate of drug-likeness (QED) is 0.904. The Hall–Kier alpha value is -1.61. The first-order valence-corrected chi connectivity index (χ1v) is 7.50. The fraction of sp³-hybridized carbons (Fsp3) is 0.471. The van der Waals surface area contributed by atoms with Crippen molar-refractivity contribution in [3.63, 3.8) is 0 Å². The molecule has 20 heavy (non-hydrogen) atoms. The molecule has 3 nitrogen and oxygen atoms in total. The average molecular weight is 269 g/mol. The van der Waals surface area contributed by atoms with Gasteiger partial charge in [0.1, 0.15) is 0 Å². The zero-order chi connectivity index (χ0) is 13.9. The second-order valence-corrected chi connectivity index (χ2v) is 5.94. The molecule has 1 aliphatic carbocycles. The summed E-state index contributed by atoms with van der Waals surface area (Å²) in [7, 11) is 1.97. The molecular formula is C17H23N3. The van der Waals surface area contributed by atoms with Gasteiger partial charge in [-0.25, -0.2) is 0 Å². The molecule has 1 aromatic carbocycles. The Labute approximate surface area is 121 Å². The van der Waals surface area contributed by atoms with E-state index in [1.54, 1.807) is 0 Å². The van der Waals surface area contributed by atoms with E-state index in [2.05, 4.69) is 53.9 Å². The van der Waals surface area contributed by atoms with E-state index >= 15 is 0 Å². The van der Waals surface area contributed by atoms with Crippen LogP contribution in [0.15, 0.2) is 42.7 Å². The first-order chi connectivity index (χ1) is 9.74. The molecule has 0 radical (unpaired) electrons. The van der Waals surface area contributed by atoms with E-state index in [-0.39, 0.29) is 0 Å². The summed E-state index contributed by atoms with van der Waals surface area (Å²) in [5.41, 5.74) is 2.80. The van der Waals surface area contributed by atoms with Crippen molar-refractivity contribution in [2.24, 2.45) is 13.0 Å². The van der Waals surface area contributed by atoms with Crippen LogP contribution in [0.5, 0.6) is 0 Å². The van der Waals surface area contributed by atoms with E-state index < -0.39 is 0 Å². The largest absolute Gasteiger partial charge is 0.313 e. The van der Waals surface area contributed by atoms with Crippen LogP contribution in [0, 0.1) is 5.92 Å². The Kier molecular flexibility index (Phi) is 3.88. The summed E-state index contributed by atoms with van der Waals surface area (Å²) in [4.78, 5) is 0. The van der Waals surface area contributed by atoms with Crippen molar-refractivity contribution in [1.82, 2.24) is 15.1 Å². The molecule has 106 valence electrons. The topological polar surface area (TPSA) is 29.9 Å². The van der Waals surface area contributed by atoms with Gasteiger partial charge in [0, 0.05) is 19.3 Å². The van der Waals surface area contributed by atoms with Crippen LogP contribution in [0.1, 0.15) is 30.4 Å². The van der Waals surface area contributed by atoms with Gasteiger partial charge in [-0.3, -0.25) is 4.68 Å². The zero-order valence-corrected chi connectivity index (χ0v) is 12.3. The van der Waals surface area contributed by atoms with Crippen LogP contribution in [0.4, 0.5) is 0 Å². The molecule has 1 aromatic heterocycles. The van der Waals surface area contributed by atoms with E-state index in [0.717, 1.165) is 24.8 Å². The van der Waals surface area contributed by atoms with E-state index in [4.69, 9.17) is 0 Å². The van der Waals surface area contributed by atoms with Gasteiger partial charge in [-0.15, -0.1) is 0 Å². The molecule has 3 rings (SSSR count). The Morgan fingerprint density at radius 3 is 2.75 bits per heavy atom. The van der Waals surface area contributed by atoms with Crippen LogP contribution >= 0.6 is 0 Å². The summed E-state index contributed by atoms with van der Waals surface area (Å²) in [6.07, 6.45) is 6.38. The van der Waals surface area contributed by atoms with Crippen LogP contribution in [-0.4, -0.2) is 22.4 Å². The highest BCUT2D eigenvalue weighted by Gasteiger charge is 2.37. The first-order valence-electron chi connectivity index (χ1n) is 7.50. The van der Waals surface area contributed by atoms with Crippen LogP contribution in [-0.2, 0) is 13.5 Å². The lowest BCUT2D eigenvalue weighted by atomic mass is 9.67. The molecule has 3 heteroatoms. The molecule has 1 N–H and O–H groups in total. The number of aryl methyl sites for hydroxylation is 1. The second kappa shape index (κ2) is 5.80. The highest BCUT2D eigenvalue weighted by atomic mass is 15.2. The van der Waals surface area contributed by atoms with Crippen molar-refractivity contribution >= 4 is 0 Å². The first kappa shape index (κ1) is 13.4. The molecule has 2 aromatic rings. The molecule has 1 fully saturated rings. The highest BCUT2D eigenvalue weighted by Crippen LogP contribution is 2.42. The van der Waals surface area contributed by atoms with Crippen LogP contribution in [0.2, 0.25) is 0 Å². The van der Waals surface area contributed by atoms with Gasteiger partial charge < -0.3 is 5.32 Å². The number of aromatic nitrogens is 2. The predicted octanol–water partition coefficient (Wildman–Crippen LogP) is 2.74. The van der Waals surface area contributed by atoms with Crippen molar-refractivity contribution in [1.29, 1.82) is 0 Å². The average Bonchev–Trinajstić information content (AvgIpc) is 2.88. The lowest BCUT2D eigenvalue weighted by Crippen LogP contribution is -2.48. The predicted molar refractivity (Wildman–Crippen MR) is 81.7 cm³/mol. The number of nitrogens with one attached hydrogen (secondary N) is 1. The van der Waals surface area contributed by atoms with Crippen molar-refractivity contribution in [2.45, 2.75) is 31.7 Å².